The minimum absolute atomic E-state index is 0.694. The summed E-state index contributed by atoms with van der Waals surface area (Å²) >= 11 is 3.28. The third-order valence-electron chi connectivity index (χ3n) is 2.34. The van der Waals surface area contributed by atoms with Gasteiger partial charge in [-0.05, 0) is 28.1 Å². The van der Waals surface area contributed by atoms with Gasteiger partial charge in [0.2, 0.25) is 0 Å². The van der Waals surface area contributed by atoms with Crippen LogP contribution in [0, 0.1) is 0 Å². The molecule has 0 radical (unpaired) electrons. The zero-order valence-corrected chi connectivity index (χ0v) is 11.1. The third-order valence-corrected chi connectivity index (χ3v) is 2.76. The van der Waals surface area contributed by atoms with E-state index in [9.17, 15) is 0 Å². The molecule has 2 heterocycles. The molecule has 5 nitrogen and oxygen atoms in total. The Labute approximate surface area is 108 Å². The Balaban J connectivity index is 2.02. The normalized spacial score (nSPS) is 10.9. The van der Waals surface area contributed by atoms with Crippen molar-refractivity contribution in [1.82, 2.24) is 15.5 Å². The van der Waals surface area contributed by atoms with Crippen LogP contribution in [0.4, 0.5) is 0 Å². The van der Waals surface area contributed by atoms with Gasteiger partial charge in [0.25, 0.3) is 0 Å². The quantitative estimate of drug-likeness (QED) is 0.803. The Kier molecular flexibility index (Phi) is 4.36. The molecule has 2 N–H and O–H groups in total. The van der Waals surface area contributed by atoms with Gasteiger partial charge in [0.15, 0.2) is 10.4 Å². The number of aromatic nitrogens is 2. The summed E-state index contributed by atoms with van der Waals surface area (Å²) in [6, 6.07) is 3.76. The van der Waals surface area contributed by atoms with Gasteiger partial charge in [0.1, 0.15) is 5.69 Å². The summed E-state index contributed by atoms with van der Waals surface area (Å²) in [5.41, 5.74) is 1.98. The Hall–Kier alpha value is -1.11. The van der Waals surface area contributed by atoms with Crippen LogP contribution in [0.3, 0.4) is 0 Å². The van der Waals surface area contributed by atoms with Gasteiger partial charge in [0.05, 0.1) is 12.8 Å². The first-order valence-corrected chi connectivity index (χ1v) is 6.08. The predicted octanol–water partition coefficient (Wildman–Crippen LogP) is 2.17. The van der Waals surface area contributed by atoms with Crippen LogP contribution in [0.2, 0.25) is 0 Å². The van der Waals surface area contributed by atoms with Crippen LogP contribution in [0.15, 0.2) is 27.4 Å². The summed E-state index contributed by atoms with van der Waals surface area (Å²) in [6.07, 6.45) is 1.80. The first-order chi connectivity index (χ1) is 8.31. The van der Waals surface area contributed by atoms with Crippen LogP contribution in [0.5, 0.6) is 0 Å². The topological polar surface area (TPSA) is 63.1 Å². The zero-order valence-electron chi connectivity index (χ0n) is 9.50. The molecule has 0 aliphatic carbocycles. The second kappa shape index (κ2) is 6.00. The fourth-order valence-electron chi connectivity index (χ4n) is 1.50. The number of nitrogens with zero attached hydrogens (tertiary/aromatic N) is 1. The SMILES string of the molecule is COCCNCc1cn[nH]c1-c1ccc(Br)o1. The van der Waals surface area contributed by atoms with Gasteiger partial charge in [-0.15, -0.1) is 0 Å². The highest BCUT2D eigenvalue weighted by atomic mass is 79.9. The molecule has 0 aliphatic rings. The maximum Gasteiger partial charge on any atom is 0.169 e. The van der Waals surface area contributed by atoms with E-state index >= 15 is 0 Å². The van der Waals surface area contributed by atoms with Crippen LogP contribution in [0.25, 0.3) is 11.5 Å². The van der Waals surface area contributed by atoms with Gasteiger partial charge in [-0.25, -0.2) is 0 Å². The lowest BCUT2D eigenvalue weighted by Crippen LogP contribution is -2.18. The molecule has 0 unspecified atom stereocenters. The molecule has 92 valence electrons. The van der Waals surface area contributed by atoms with Gasteiger partial charge in [-0.1, -0.05) is 0 Å². The Bertz CT molecular complexity index is 467. The standard InChI is InChI=1S/C11H14BrN3O2/c1-16-5-4-13-6-8-7-14-15-11(8)9-2-3-10(12)17-9/h2-3,7,13H,4-6H2,1H3,(H,14,15). The van der Waals surface area contributed by atoms with Crippen molar-refractivity contribution >= 4 is 15.9 Å². The molecule has 0 spiro atoms. The monoisotopic (exact) mass is 299 g/mol. The largest absolute Gasteiger partial charge is 0.448 e. The van der Waals surface area contributed by atoms with Gasteiger partial charge >= 0.3 is 0 Å². The van der Waals surface area contributed by atoms with Crippen molar-refractivity contribution in [3.8, 4) is 11.5 Å². The Morgan fingerprint density at radius 3 is 3.12 bits per heavy atom. The Morgan fingerprint density at radius 1 is 1.53 bits per heavy atom. The lowest BCUT2D eigenvalue weighted by atomic mass is 10.2. The van der Waals surface area contributed by atoms with Crippen LogP contribution in [0.1, 0.15) is 5.56 Å². The molecule has 17 heavy (non-hydrogen) atoms. The van der Waals surface area contributed by atoms with E-state index in [4.69, 9.17) is 9.15 Å². The summed E-state index contributed by atoms with van der Waals surface area (Å²) in [5, 5.41) is 10.2. The molecule has 0 bridgehead atoms. The van der Waals surface area contributed by atoms with Gasteiger partial charge < -0.3 is 14.5 Å². The highest BCUT2D eigenvalue weighted by Crippen LogP contribution is 2.25. The number of aromatic amines is 1. The molecule has 2 rings (SSSR count). The zero-order chi connectivity index (χ0) is 12.1. The molecule has 0 aromatic carbocycles. The third kappa shape index (κ3) is 3.18. The van der Waals surface area contributed by atoms with Crippen molar-refractivity contribution in [2.24, 2.45) is 0 Å². The second-order valence-electron chi connectivity index (χ2n) is 3.54. The lowest BCUT2D eigenvalue weighted by Gasteiger charge is -2.03. The van der Waals surface area contributed by atoms with Crippen LogP contribution in [-0.2, 0) is 11.3 Å². The van der Waals surface area contributed by atoms with E-state index in [1.54, 1.807) is 13.3 Å². The van der Waals surface area contributed by atoms with E-state index in [1.807, 2.05) is 12.1 Å². The molecule has 2 aromatic heterocycles. The van der Waals surface area contributed by atoms with E-state index < -0.39 is 0 Å². The van der Waals surface area contributed by atoms with Crippen LogP contribution in [-0.4, -0.2) is 30.5 Å². The first kappa shape index (κ1) is 12.3. The number of rotatable bonds is 6. The summed E-state index contributed by atoms with van der Waals surface area (Å²) in [5.74, 6) is 0.776. The van der Waals surface area contributed by atoms with E-state index in [0.717, 1.165) is 30.1 Å². The number of H-pyrrole nitrogens is 1. The number of methoxy groups -OCH3 is 1. The van der Waals surface area contributed by atoms with Crippen molar-refractivity contribution in [2.45, 2.75) is 6.54 Å². The minimum atomic E-state index is 0.694. The highest BCUT2D eigenvalue weighted by Gasteiger charge is 2.10. The summed E-state index contributed by atoms with van der Waals surface area (Å²) in [6.45, 7) is 2.23. The molecule has 6 heteroatoms. The smallest absolute Gasteiger partial charge is 0.169 e. The van der Waals surface area contributed by atoms with Crippen molar-refractivity contribution in [3.63, 3.8) is 0 Å². The number of ether oxygens (including phenoxy) is 1. The van der Waals surface area contributed by atoms with Gasteiger partial charge in [0, 0.05) is 25.8 Å². The first-order valence-electron chi connectivity index (χ1n) is 5.29. The number of furan rings is 1. The minimum Gasteiger partial charge on any atom is -0.448 e. The number of hydrogen-bond acceptors (Lipinski definition) is 4. The van der Waals surface area contributed by atoms with E-state index in [0.29, 0.717) is 11.3 Å². The van der Waals surface area contributed by atoms with Gasteiger partial charge in [-0.2, -0.15) is 5.10 Å². The van der Waals surface area contributed by atoms with Crippen LogP contribution >= 0.6 is 15.9 Å². The molecule has 2 aromatic rings. The molecule has 0 saturated carbocycles. The molecule has 0 atom stereocenters. The van der Waals surface area contributed by atoms with E-state index in [2.05, 4.69) is 31.4 Å². The van der Waals surface area contributed by atoms with Crippen molar-refractivity contribution in [1.29, 1.82) is 0 Å². The van der Waals surface area contributed by atoms with Crippen molar-refractivity contribution in [2.75, 3.05) is 20.3 Å². The Morgan fingerprint density at radius 2 is 2.41 bits per heavy atom. The fourth-order valence-corrected chi connectivity index (χ4v) is 1.81. The molecule has 0 aliphatic heterocycles. The molecule has 0 saturated heterocycles. The average molecular weight is 300 g/mol. The van der Waals surface area contributed by atoms with Crippen LogP contribution < -0.4 is 5.32 Å². The van der Waals surface area contributed by atoms with E-state index in [-0.39, 0.29) is 0 Å². The maximum atomic E-state index is 5.49. The predicted molar refractivity (Wildman–Crippen MR) is 67.6 cm³/mol. The highest BCUT2D eigenvalue weighted by molar-refractivity contribution is 9.10. The molecular formula is C11H14BrN3O2. The second-order valence-corrected chi connectivity index (χ2v) is 4.33. The maximum absolute atomic E-state index is 5.49. The summed E-state index contributed by atoms with van der Waals surface area (Å²) in [7, 11) is 1.69. The van der Waals surface area contributed by atoms with Crippen molar-refractivity contribution < 1.29 is 9.15 Å². The number of hydrogen-bond donors (Lipinski definition) is 2. The fraction of sp³-hybridized carbons (Fsp3) is 0.364. The lowest BCUT2D eigenvalue weighted by molar-refractivity contribution is 0.199. The summed E-state index contributed by atoms with van der Waals surface area (Å²) in [4.78, 5) is 0. The summed E-state index contributed by atoms with van der Waals surface area (Å²) < 4.78 is 11.2. The van der Waals surface area contributed by atoms with Crippen molar-refractivity contribution in [3.05, 3.63) is 28.6 Å². The van der Waals surface area contributed by atoms with E-state index in [1.165, 1.54) is 0 Å². The number of nitrogens with one attached hydrogen (secondary N) is 2. The molecular weight excluding hydrogens is 286 g/mol. The average Bonchev–Trinajstić information content (AvgIpc) is 2.93. The number of halogens is 1. The molecule has 0 amide bonds. The van der Waals surface area contributed by atoms with Gasteiger partial charge in [-0.3, -0.25) is 5.10 Å². The molecule has 0 fully saturated rings.